The number of rotatable bonds is 5. The quantitative estimate of drug-likeness (QED) is 0.466. The minimum Gasteiger partial charge on any atom is -0.461 e. The summed E-state index contributed by atoms with van der Waals surface area (Å²) < 4.78 is 9.91. The molecule has 0 saturated heterocycles. The van der Waals surface area contributed by atoms with E-state index < -0.39 is 0 Å². The third-order valence-corrected chi connectivity index (χ3v) is 1.16. The average Bonchev–Trinajstić information content (AvgIpc) is 1.99. The highest BCUT2D eigenvalue weighted by molar-refractivity contribution is 5.70. The lowest BCUT2D eigenvalue weighted by Gasteiger charge is -2.10. The molecule has 0 N–H and O–H groups in total. The summed E-state index contributed by atoms with van der Waals surface area (Å²) in [5.74, 6) is -0.335. The van der Waals surface area contributed by atoms with Crippen molar-refractivity contribution in [2.24, 2.45) is 0 Å². The van der Waals surface area contributed by atoms with E-state index in [2.05, 4.69) is 6.58 Å². The molecule has 0 aliphatic rings. The van der Waals surface area contributed by atoms with Crippen LogP contribution < -0.4 is 0 Å². The molecule has 70 valence electrons. The van der Waals surface area contributed by atoms with Crippen LogP contribution in [-0.2, 0) is 14.3 Å². The second kappa shape index (κ2) is 5.77. The first-order chi connectivity index (χ1) is 5.56. The molecule has 0 aromatic rings. The zero-order valence-electron chi connectivity index (χ0n) is 7.87. The smallest absolute Gasteiger partial charge is 0.332 e. The molecule has 3 heteroatoms. The Morgan fingerprint density at radius 1 is 1.50 bits per heavy atom. The first-order valence-corrected chi connectivity index (χ1v) is 4.00. The number of carbonyl (C=O) groups is 1. The second-order valence-corrected chi connectivity index (χ2v) is 2.79. The average molecular weight is 172 g/mol. The number of esters is 1. The Morgan fingerprint density at radius 3 is 2.50 bits per heavy atom. The van der Waals surface area contributed by atoms with E-state index in [1.165, 1.54) is 0 Å². The van der Waals surface area contributed by atoms with Gasteiger partial charge in [0.2, 0.25) is 0 Å². The van der Waals surface area contributed by atoms with Crippen LogP contribution in [0.3, 0.4) is 0 Å². The summed E-state index contributed by atoms with van der Waals surface area (Å²) in [4.78, 5) is 10.9. The van der Waals surface area contributed by atoms with Gasteiger partial charge in [0.25, 0.3) is 0 Å². The van der Waals surface area contributed by atoms with Gasteiger partial charge in [-0.15, -0.1) is 6.58 Å². The van der Waals surface area contributed by atoms with Crippen molar-refractivity contribution in [3.8, 4) is 0 Å². The van der Waals surface area contributed by atoms with Crippen LogP contribution in [0.15, 0.2) is 12.7 Å². The Hall–Kier alpha value is -0.830. The maximum absolute atomic E-state index is 10.9. The molecule has 1 atom stereocenters. The molecule has 0 aromatic carbocycles. The molecular formula is C9H16O3. The molecule has 0 amide bonds. The van der Waals surface area contributed by atoms with E-state index in [0.29, 0.717) is 0 Å². The topological polar surface area (TPSA) is 35.5 Å². The van der Waals surface area contributed by atoms with E-state index in [1.807, 2.05) is 6.92 Å². The molecule has 0 bridgehead atoms. The van der Waals surface area contributed by atoms with Gasteiger partial charge in [0.15, 0.2) is 0 Å². The zero-order valence-corrected chi connectivity index (χ0v) is 7.87. The number of hydrogen-bond donors (Lipinski definition) is 0. The molecule has 0 rings (SSSR count). The number of ether oxygens (including phenoxy) is 2. The summed E-state index contributed by atoms with van der Waals surface area (Å²) in [6.07, 6.45) is 1.44. The van der Waals surface area contributed by atoms with E-state index in [9.17, 15) is 4.79 Å². The fourth-order valence-corrected chi connectivity index (χ4v) is 0.564. The van der Waals surface area contributed by atoms with E-state index in [-0.39, 0.29) is 24.8 Å². The van der Waals surface area contributed by atoms with Gasteiger partial charge in [-0.05, 0) is 20.8 Å². The minimum atomic E-state index is -0.335. The maximum Gasteiger partial charge on any atom is 0.332 e. The van der Waals surface area contributed by atoms with Crippen LogP contribution in [-0.4, -0.2) is 24.8 Å². The Bertz CT molecular complexity index is 152. The number of carbonyl (C=O) groups excluding carboxylic acids is 1. The van der Waals surface area contributed by atoms with E-state index in [1.54, 1.807) is 19.9 Å². The predicted octanol–water partition coefficient (Wildman–Crippen LogP) is 1.53. The summed E-state index contributed by atoms with van der Waals surface area (Å²) in [6.45, 7) is 8.93. The lowest BCUT2D eigenvalue weighted by atomic mass is 10.4. The largest absolute Gasteiger partial charge is 0.461 e. The van der Waals surface area contributed by atoms with Crippen molar-refractivity contribution >= 4 is 5.97 Å². The van der Waals surface area contributed by atoms with E-state index in [0.717, 1.165) is 0 Å². The van der Waals surface area contributed by atoms with Gasteiger partial charge in [0.05, 0.1) is 12.2 Å². The monoisotopic (exact) mass is 172 g/mol. The van der Waals surface area contributed by atoms with Gasteiger partial charge in [-0.2, -0.15) is 0 Å². The van der Waals surface area contributed by atoms with Crippen LogP contribution in [0, 0.1) is 0 Å². The van der Waals surface area contributed by atoms with Crippen LogP contribution in [0.1, 0.15) is 20.8 Å². The lowest BCUT2D eigenvalue weighted by Crippen LogP contribution is -2.19. The Kier molecular flexibility index (Phi) is 5.37. The molecule has 0 saturated carbocycles. The summed E-state index contributed by atoms with van der Waals surface area (Å²) in [7, 11) is 0. The minimum absolute atomic E-state index is 0.00856. The van der Waals surface area contributed by atoms with Crippen molar-refractivity contribution < 1.29 is 14.3 Å². The van der Waals surface area contributed by atoms with Gasteiger partial charge in [0, 0.05) is 0 Å². The van der Waals surface area contributed by atoms with E-state index >= 15 is 0 Å². The fraction of sp³-hybridized carbons (Fsp3) is 0.667. The summed E-state index contributed by atoms with van der Waals surface area (Å²) in [6, 6.07) is 0. The van der Waals surface area contributed by atoms with Crippen LogP contribution in [0.5, 0.6) is 0 Å². The molecule has 0 heterocycles. The molecule has 0 spiro atoms. The Balaban J connectivity index is 3.50. The maximum atomic E-state index is 10.9. The predicted molar refractivity (Wildman–Crippen MR) is 46.8 cm³/mol. The molecule has 0 fully saturated rings. The molecule has 0 radical (unpaired) electrons. The molecule has 0 aromatic heterocycles. The van der Waals surface area contributed by atoms with Crippen molar-refractivity contribution in [2.75, 3.05) is 6.61 Å². The third kappa shape index (κ3) is 5.92. The van der Waals surface area contributed by atoms with Gasteiger partial charge >= 0.3 is 5.97 Å². The molecule has 0 aliphatic heterocycles. The molecule has 0 aliphatic carbocycles. The van der Waals surface area contributed by atoms with Gasteiger partial charge in [-0.1, -0.05) is 6.08 Å². The van der Waals surface area contributed by atoms with Crippen molar-refractivity contribution in [3.63, 3.8) is 0 Å². The van der Waals surface area contributed by atoms with Crippen LogP contribution >= 0.6 is 0 Å². The normalized spacial score (nSPS) is 12.7. The Morgan fingerprint density at radius 2 is 2.08 bits per heavy atom. The SMILES string of the molecule is C=CC(C)OCC(=O)OC(C)C. The molecule has 3 nitrogen and oxygen atoms in total. The summed E-state index contributed by atoms with van der Waals surface area (Å²) >= 11 is 0. The highest BCUT2D eigenvalue weighted by Gasteiger charge is 2.06. The van der Waals surface area contributed by atoms with Crippen molar-refractivity contribution in [1.29, 1.82) is 0 Å². The lowest BCUT2D eigenvalue weighted by molar-refractivity contribution is -0.153. The summed E-state index contributed by atoms with van der Waals surface area (Å²) in [5.41, 5.74) is 0. The van der Waals surface area contributed by atoms with E-state index in [4.69, 9.17) is 9.47 Å². The van der Waals surface area contributed by atoms with Crippen molar-refractivity contribution in [1.82, 2.24) is 0 Å². The molecular weight excluding hydrogens is 156 g/mol. The van der Waals surface area contributed by atoms with Crippen LogP contribution in [0.2, 0.25) is 0 Å². The standard InChI is InChI=1S/C9H16O3/c1-5-8(4)11-6-9(10)12-7(2)3/h5,7-8H,1,6H2,2-4H3. The van der Waals surface area contributed by atoms with Crippen LogP contribution in [0.25, 0.3) is 0 Å². The van der Waals surface area contributed by atoms with Gasteiger partial charge in [-0.3, -0.25) is 0 Å². The highest BCUT2D eigenvalue weighted by atomic mass is 16.6. The number of hydrogen-bond acceptors (Lipinski definition) is 3. The molecule has 12 heavy (non-hydrogen) atoms. The van der Waals surface area contributed by atoms with Crippen molar-refractivity contribution in [3.05, 3.63) is 12.7 Å². The first-order valence-electron chi connectivity index (χ1n) is 4.00. The van der Waals surface area contributed by atoms with Gasteiger partial charge < -0.3 is 9.47 Å². The fourth-order valence-electron chi connectivity index (χ4n) is 0.564. The van der Waals surface area contributed by atoms with Gasteiger partial charge in [-0.25, -0.2) is 4.79 Å². The first kappa shape index (κ1) is 11.2. The second-order valence-electron chi connectivity index (χ2n) is 2.79. The van der Waals surface area contributed by atoms with Gasteiger partial charge in [0.1, 0.15) is 6.61 Å². The highest BCUT2D eigenvalue weighted by Crippen LogP contribution is 1.94. The summed E-state index contributed by atoms with van der Waals surface area (Å²) in [5, 5.41) is 0. The van der Waals surface area contributed by atoms with Crippen molar-refractivity contribution in [2.45, 2.75) is 33.0 Å². The third-order valence-electron chi connectivity index (χ3n) is 1.16. The molecule has 1 unspecified atom stereocenters. The Labute approximate surface area is 73.4 Å². The zero-order chi connectivity index (χ0) is 9.56. The van der Waals surface area contributed by atoms with Crippen LogP contribution in [0.4, 0.5) is 0 Å².